The van der Waals surface area contributed by atoms with Crippen LogP contribution in [0.25, 0.3) is 0 Å². The molecule has 0 aromatic rings. The molecular weight excluding hydrogens is 184 g/mol. The Morgan fingerprint density at radius 1 is 1.20 bits per heavy atom. The second kappa shape index (κ2) is 4.14. The average molecular weight is 208 g/mol. The van der Waals surface area contributed by atoms with Gasteiger partial charge in [-0.05, 0) is 39.5 Å². The van der Waals surface area contributed by atoms with Crippen LogP contribution in [0.2, 0.25) is 0 Å². The molecule has 0 aliphatic carbocycles. The third-order valence-corrected chi connectivity index (χ3v) is 3.93. The van der Waals surface area contributed by atoms with E-state index in [-0.39, 0.29) is 11.0 Å². The minimum atomic E-state index is -0.0677. The summed E-state index contributed by atoms with van der Waals surface area (Å²) in [7, 11) is 0. The Kier molecular flexibility index (Phi) is 3.45. The molecule has 0 saturated carbocycles. The van der Waals surface area contributed by atoms with E-state index in [2.05, 4.69) is 45.6 Å². The summed E-state index contributed by atoms with van der Waals surface area (Å²) in [6.45, 7) is 13.2. The van der Waals surface area contributed by atoms with E-state index in [0.29, 0.717) is 5.92 Å². The molecule has 0 unspecified atom stereocenters. The summed E-state index contributed by atoms with van der Waals surface area (Å²) in [6.07, 6.45) is 2.05. The topological polar surface area (TPSA) is 27.0 Å². The molecule has 1 fully saturated rings. The minimum absolute atomic E-state index is 0.0677. The van der Waals surface area contributed by atoms with Crippen LogP contribution in [0, 0.1) is 22.7 Å². The maximum Gasteiger partial charge on any atom is 0.0693 e. The Bertz CT molecular complexity index is 247. The fourth-order valence-electron chi connectivity index (χ4n) is 2.39. The van der Waals surface area contributed by atoms with Crippen molar-refractivity contribution in [1.29, 1.82) is 5.26 Å². The Morgan fingerprint density at radius 2 is 1.67 bits per heavy atom. The van der Waals surface area contributed by atoms with Crippen molar-refractivity contribution in [2.75, 3.05) is 13.1 Å². The second-order valence-electron chi connectivity index (χ2n) is 6.08. The second-order valence-corrected chi connectivity index (χ2v) is 6.08. The summed E-state index contributed by atoms with van der Waals surface area (Å²) in [6, 6.07) is 2.56. The van der Waals surface area contributed by atoms with Crippen LogP contribution in [0.4, 0.5) is 0 Å². The monoisotopic (exact) mass is 208 g/mol. The maximum atomic E-state index is 9.33. The Morgan fingerprint density at radius 3 is 1.93 bits per heavy atom. The van der Waals surface area contributed by atoms with Gasteiger partial charge in [0.05, 0.1) is 11.5 Å². The standard InChI is InChI=1S/C13H24N2/c1-11(2)13(10-14)6-8-15(9-7-13)12(3,4)5/h11H,6-9H2,1-5H3. The van der Waals surface area contributed by atoms with Gasteiger partial charge in [-0.3, -0.25) is 4.90 Å². The SMILES string of the molecule is CC(C)C1(C#N)CCN(C(C)(C)C)CC1. The molecule has 0 radical (unpaired) electrons. The Labute approximate surface area is 94.3 Å². The van der Waals surface area contributed by atoms with E-state index in [0.717, 1.165) is 25.9 Å². The summed E-state index contributed by atoms with van der Waals surface area (Å²) in [5.74, 6) is 0.476. The number of hydrogen-bond donors (Lipinski definition) is 0. The van der Waals surface area contributed by atoms with Crippen molar-refractivity contribution in [3.63, 3.8) is 0 Å². The van der Waals surface area contributed by atoms with Crippen LogP contribution < -0.4 is 0 Å². The normalized spacial score (nSPS) is 22.7. The van der Waals surface area contributed by atoms with E-state index in [4.69, 9.17) is 0 Å². The molecule has 86 valence electrons. The van der Waals surface area contributed by atoms with Crippen molar-refractivity contribution in [3.05, 3.63) is 0 Å². The molecule has 1 saturated heterocycles. The van der Waals surface area contributed by atoms with Gasteiger partial charge in [0.15, 0.2) is 0 Å². The van der Waals surface area contributed by atoms with Gasteiger partial charge in [-0.15, -0.1) is 0 Å². The Hall–Kier alpha value is -0.550. The van der Waals surface area contributed by atoms with Gasteiger partial charge in [0, 0.05) is 18.6 Å². The molecule has 0 bridgehead atoms. The molecule has 1 rings (SSSR count). The summed E-state index contributed by atoms with van der Waals surface area (Å²) in [5.41, 5.74) is 0.181. The lowest BCUT2D eigenvalue weighted by molar-refractivity contribution is 0.0471. The molecule has 1 aliphatic rings. The minimum Gasteiger partial charge on any atom is -0.298 e. The lowest BCUT2D eigenvalue weighted by Crippen LogP contribution is -2.49. The molecule has 0 atom stereocenters. The zero-order chi connectivity index (χ0) is 11.7. The van der Waals surface area contributed by atoms with Crippen LogP contribution in [0.5, 0.6) is 0 Å². The van der Waals surface area contributed by atoms with Gasteiger partial charge in [-0.25, -0.2) is 0 Å². The summed E-state index contributed by atoms with van der Waals surface area (Å²) >= 11 is 0. The van der Waals surface area contributed by atoms with Crippen LogP contribution in [0.1, 0.15) is 47.5 Å². The lowest BCUT2D eigenvalue weighted by atomic mass is 9.71. The third-order valence-electron chi connectivity index (χ3n) is 3.93. The van der Waals surface area contributed by atoms with E-state index in [1.54, 1.807) is 0 Å². The zero-order valence-corrected chi connectivity index (χ0v) is 10.8. The van der Waals surface area contributed by atoms with Crippen molar-refractivity contribution in [2.45, 2.75) is 53.0 Å². The Balaban J connectivity index is 2.67. The largest absolute Gasteiger partial charge is 0.298 e. The molecular formula is C13H24N2. The van der Waals surface area contributed by atoms with Gasteiger partial charge in [0.25, 0.3) is 0 Å². The van der Waals surface area contributed by atoms with Crippen LogP contribution >= 0.6 is 0 Å². The first-order chi connectivity index (χ1) is 6.82. The van der Waals surface area contributed by atoms with E-state index in [1.165, 1.54) is 0 Å². The molecule has 0 amide bonds. The lowest BCUT2D eigenvalue weighted by Gasteiger charge is -2.45. The fraction of sp³-hybridized carbons (Fsp3) is 0.923. The van der Waals surface area contributed by atoms with Crippen LogP contribution in [-0.2, 0) is 0 Å². The average Bonchev–Trinajstić information content (AvgIpc) is 2.16. The smallest absolute Gasteiger partial charge is 0.0693 e. The van der Waals surface area contributed by atoms with Gasteiger partial charge in [-0.2, -0.15) is 5.26 Å². The first-order valence-electron chi connectivity index (χ1n) is 5.98. The predicted molar refractivity (Wildman–Crippen MR) is 63.4 cm³/mol. The highest BCUT2D eigenvalue weighted by atomic mass is 15.2. The summed E-state index contributed by atoms with van der Waals surface area (Å²) in [4.78, 5) is 2.49. The first kappa shape index (κ1) is 12.5. The number of nitriles is 1. The third kappa shape index (κ3) is 2.52. The first-order valence-corrected chi connectivity index (χ1v) is 5.98. The van der Waals surface area contributed by atoms with Gasteiger partial charge in [0.2, 0.25) is 0 Å². The molecule has 2 heteroatoms. The molecule has 0 N–H and O–H groups in total. The molecule has 0 aromatic carbocycles. The van der Waals surface area contributed by atoms with Crippen LogP contribution in [0.3, 0.4) is 0 Å². The summed E-state index contributed by atoms with van der Waals surface area (Å²) < 4.78 is 0. The molecule has 0 aromatic heterocycles. The highest BCUT2D eigenvalue weighted by molar-refractivity contribution is 5.04. The van der Waals surface area contributed by atoms with E-state index < -0.39 is 0 Å². The maximum absolute atomic E-state index is 9.33. The van der Waals surface area contributed by atoms with Crippen molar-refractivity contribution in [3.8, 4) is 6.07 Å². The van der Waals surface area contributed by atoms with Crippen molar-refractivity contribution < 1.29 is 0 Å². The van der Waals surface area contributed by atoms with E-state index in [1.807, 2.05) is 0 Å². The summed E-state index contributed by atoms with van der Waals surface area (Å²) in [5, 5.41) is 9.33. The number of hydrogen-bond acceptors (Lipinski definition) is 2. The number of likely N-dealkylation sites (tertiary alicyclic amines) is 1. The van der Waals surface area contributed by atoms with E-state index in [9.17, 15) is 5.26 Å². The van der Waals surface area contributed by atoms with Crippen molar-refractivity contribution >= 4 is 0 Å². The molecule has 1 heterocycles. The molecule has 1 aliphatic heterocycles. The van der Waals surface area contributed by atoms with Gasteiger partial charge in [0.1, 0.15) is 0 Å². The zero-order valence-electron chi connectivity index (χ0n) is 10.8. The molecule has 0 spiro atoms. The number of rotatable bonds is 1. The molecule has 2 nitrogen and oxygen atoms in total. The van der Waals surface area contributed by atoms with Gasteiger partial charge in [-0.1, -0.05) is 13.8 Å². The van der Waals surface area contributed by atoms with Crippen molar-refractivity contribution in [1.82, 2.24) is 4.90 Å². The van der Waals surface area contributed by atoms with Crippen molar-refractivity contribution in [2.24, 2.45) is 11.3 Å². The van der Waals surface area contributed by atoms with Crippen LogP contribution in [0.15, 0.2) is 0 Å². The van der Waals surface area contributed by atoms with Gasteiger partial charge >= 0.3 is 0 Å². The molecule has 15 heavy (non-hydrogen) atoms. The number of piperidine rings is 1. The van der Waals surface area contributed by atoms with Crippen LogP contribution in [-0.4, -0.2) is 23.5 Å². The fourth-order valence-corrected chi connectivity index (χ4v) is 2.39. The quantitative estimate of drug-likeness (QED) is 0.662. The van der Waals surface area contributed by atoms with Gasteiger partial charge < -0.3 is 0 Å². The number of nitrogens with zero attached hydrogens (tertiary/aromatic N) is 2. The highest BCUT2D eigenvalue weighted by Crippen LogP contribution is 2.39. The highest BCUT2D eigenvalue weighted by Gasteiger charge is 2.39. The predicted octanol–water partition coefficient (Wildman–Crippen LogP) is 3.05. The van der Waals surface area contributed by atoms with E-state index >= 15 is 0 Å².